The Morgan fingerprint density at radius 1 is 1.40 bits per heavy atom. The van der Waals surface area contributed by atoms with Crippen LogP contribution in [0.4, 0.5) is 0 Å². The van der Waals surface area contributed by atoms with Crippen molar-refractivity contribution in [2.75, 3.05) is 13.7 Å². The van der Waals surface area contributed by atoms with Gasteiger partial charge in [-0.2, -0.15) is 0 Å². The van der Waals surface area contributed by atoms with Crippen molar-refractivity contribution in [1.82, 2.24) is 5.32 Å². The number of nitrogens with one attached hydrogen (secondary N) is 1. The van der Waals surface area contributed by atoms with Gasteiger partial charge in [-0.25, -0.2) is 0 Å². The Bertz CT molecular complexity index is 358. The second-order valence-corrected chi connectivity index (χ2v) is 4.85. The molecule has 0 fully saturated rings. The van der Waals surface area contributed by atoms with E-state index in [1.54, 1.807) is 0 Å². The molecule has 0 radical (unpaired) electrons. The molecule has 0 spiro atoms. The SMILES string of the molecule is CNC(C)(C)Cc1ccc2c(c1)CCO2. The molecule has 1 heterocycles. The van der Waals surface area contributed by atoms with E-state index in [1.807, 2.05) is 7.05 Å². The lowest BCUT2D eigenvalue weighted by Crippen LogP contribution is -2.38. The summed E-state index contributed by atoms with van der Waals surface area (Å²) in [6.07, 6.45) is 2.11. The summed E-state index contributed by atoms with van der Waals surface area (Å²) in [5.74, 6) is 1.07. The van der Waals surface area contributed by atoms with Crippen LogP contribution in [0.15, 0.2) is 18.2 Å². The number of hydrogen-bond donors (Lipinski definition) is 1. The summed E-state index contributed by atoms with van der Waals surface area (Å²) in [7, 11) is 2.01. The summed E-state index contributed by atoms with van der Waals surface area (Å²) >= 11 is 0. The summed E-state index contributed by atoms with van der Waals surface area (Å²) in [6, 6.07) is 6.55. The van der Waals surface area contributed by atoms with E-state index in [4.69, 9.17) is 4.74 Å². The third-order valence-electron chi connectivity index (χ3n) is 3.08. The van der Waals surface area contributed by atoms with E-state index in [-0.39, 0.29) is 5.54 Å². The van der Waals surface area contributed by atoms with Crippen LogP contribution in [0.25, 0.3) is 0 Å². The van der Waals surface area contributed by atoms with Crippen LogP contribution in [0.1, 0.15) is 25.0 Å². The average Bonchev–Trinajstić information content (AvgIpc) is 2.64. The number of hydrogen-bond acceptors (Lipinski definition) is 2. The molecule has 0 amide bonds. The van der Waals surface area contributed by atoms with Crippen LogP contribution in [0.3, 0.4) is 0 Å². The minimum Gasteiger partial charge on any atom is -0.493 e. The van der Waals surface area contributed by atoms with Crippen LogP contribution < -0.4 is 10.1 Å². The van der Waals surface area contributed by atoms with E-state index in [0.29, 0.717) is 0 Å². The molecular formula is C13H19NO. The molecule has 1 aliphatic rings. The van der Waals surface area contributed by atoms with Gasteiger partial charge < -0.3 is 10.1 Å². The zero-order valence-electron chi connectivity index (χ0n) is 9.76. The minimum absolute atomic E-state index is 0.160. The van der Waals surface area contributed by atoms with E-state index < -0.39 is 0 Å². The largest absolute Gasteiger partial charge is 0.493 e. The van der Waals surface area contributed by atoms with Gasteiger partial charge in [0.15, 0.2) is 0 Å². The van der Waals surface area contributed by atoms with Crippen molar-refractivity contribution in [1.29, 1.82) is 0 Å². The number of fused-ring (bicyclic) bond motifs is 1. The first kappa shape index (κ1) is 10.5. The van der Waals surface area contributed by atoms with E-state index in [0.717, 1.165) is 25.2 Å². The lowest BCUT2D eigenvalue weighted by Gasteiger charge is -2.24. The van der Waals surface area contributed by atoms with Gasteiger partial charge in [0, 0.05) is 12.0 Å². The van der Waals surface area contributed by atoms with E-state index in [1.165, 1.54) is 11.1 Å². The van der Waals surface area contributed by atoms with Gasteiger partial charge in [-0.3, -0.25) is 0 Å². The van der Waals surface area contributed by atoms with Crippen molar-refractivity contribution in [2.45, 2.75) is 32.2 Å². The Labute approximate surface area is 91.6 Å². The number of benzene rings is 1. The standard InChI is InChI=1S/C13H19NO/c1-13(2,14-3)9-10-4-5-12-11(8-10)6-7-15-12/h4-5,8,14H,6-7,9H2,1-3H3. The molecule has 1 aliphatic heterocycles. The molecule has 0 saturated heterocycles. The zero-order valence-corrected chi connectivity index (χ0v) is 9.76. The molecule has 1 N–H and O–H groups in total. The normalized spacial score (nSPS) is 14.9. The molecule has 0 unspecified atom stereocenters. The highest BCUT2D eigenvalue weighted by Gasteiger charge is 2.17. The summed E-state index contributed by atoms with van der Waals surface area (Å²) in [5, 5.41) is 3.33. The van der Waals surface area contributed by atoms with Gasteiger partial charge in [-0.15, -0.1) is 0 Å². The summed E-state index contributed by atoms with van der Waals surface area (Å²) < 4.78 is 5.49. The maximum atomic E-state index is 5.49. The molecule has 0 bridgehead atoms. The monoisotopic (exact) mass is 205 g/mol. The third kappa shape index (κ3) is 2.32. The van der Waals surface area contributed by atoms with Gasteiger partial charge in [0.25, 0.3) is 0 Å². The first-order valence-corrected chi connectivity index (χ1v) is 5.54. The highest BCUT2D eigenvalue weighted by Crippen LogP contribution is 2.27. The van der Waals surface area contributed by atoms with E-state index in [9.17, 15) is 0 Å². The maximum absolute atomic E-state index is 5.49. The van der Waals surface area contributed by atoms with Crippen molar-refractivity contribution in [3.63, 3.8) is 0 Å². The molecule has 1 aromatic carbocycles. The molecule has 0 aromatic heterocycles. The molecule has 2 nitrogen and oxygen atoms in total. The second kappa shape index (κ2) is 3.86. The van der Waals surface area contributed by atoms with E-state index >= 15 is 0 Å². The number of rotatable bonds is 3. The number of likely N-dealkylation sites (N-methyl/N-ethyl adjacent to an activating group) is 1. The van der Waals surface area contributed by atoms with Gasteiger partial charge in [0.1, 0.15) is 5.75 Å². The van der Waals surface area contributed by atoms with Crippen LogP contribution >= 0.6 is 0 Å². The van der Waals surface area contributed by atoms with Crippen LogP contribution in [0, 0.1) is 0 Å². The van der Waals surface area contributed by atoms with Crippen molar-refractivity contribution in [3.8, 4) is 5.75 Å². The fourth-order valence-electron chi connectivity index (χ4n) is 1.95. The quantitative estimate of drug-likeness (QED) is 0.816. The first-order chi connectivity index (χ1) is 7.11. The van der Waals surface area contributed by atoms with Crippen molar-refractivity contribution in [2.24, 2.45) is 0 Å². The smallest absolute Gasteiger partial charge is 0.122 e. The second-order valence-electron chi connectivity index (χ2n) is 4.85. The Morgan fingerprint density at radius 2 is 2.20 bits per heavy atom. The third-order valence-corrected chi connectivity index (χ3v) is 3.08. The maximum Gasteiger partial charge on any atom is 0.122 e. The molecule has 2 rings (SSSR count). The van der Waals surface area contributed by atoms with Crippen LogP contribution in [0.5, 0.6) is 5.75 Å². The molecule has 0 atom stereocenters. The van der Waals surface area contributed by atoms with Crippen LogP contribution in [0.2, 0.25) is 0 Å². The summed E-state index contributed by atoms with van der Waals surface area (Å²) in [6.45, 7) is 5.28. The molecule has 0 aliphatic carbocycles. The molecule has 1 aromatic rings. The molecule has 2 heteroatoms. The highest BCUT2D eigenvalue weighted by molar-refractivity contribution is 5.40. The zero-order chi connectivity index (χ0) is 10.9. The molecule has 82 valence electrons. The Hall–Kier alpha value is -1.02. The average molecular weight is 205 g/mol. The van der Waals surface area contributed by atoms with Gasteiger partial charge in [-0.1, -0.05) is 12.1 Å². The number of ether oxygens (including phenoxy) is 1. The predicted molar refractivity (Wildman–Crippen MR) is 62.5 cm³/mol. The molecular weight excluding hydrogens is 186 g/mol. The van der Waals surface area contributed by atoms with E-state index in [2.05, 4.69) is 37.4 Å². The van der Waals surface area contributed by atoms with Crippen molar-refractivity contribution < 1.29 is 4.74 Å². The van der Waals surface area contributed by atoms with Crippen molar-refractivity contribution in [3.05, 3.63) is 29.3 Å². The lowest BCUT2D eigenvalue weighted by molar-refractivity contribution is 0.356. The Kier molecular flexibility index (Phi) is 2.70. The first-order valence-electron chi connectivity index (χ1n) is 5.54. The fraction of sp³-hybridized carbons (Fsp3) is 0.538. The Balaban J connectivity index is 2.17. The Morgan fingerprint density at radius 3 is 2.93 bits per heavy atom. The van der Waals surface area contributed by atoms with Gasteiger partial charge >= 0.3 is 0 Å². The van der Waals surface area contributed by atoms with Crippen LogP contribution in [-0.2, 0) is 12.8 Å². The summed E-state index contributed by atoms with van der Waals surface area (Å²) in [5.41, 5.74) is 2.91. The fourth-order valence-corrected chi connectivity index (χ4v) is 1.95. The van der Waals surface area contributed by atoms with Crippen LogP contribution in [-0.4, -0.2) is 19.2 Å². The highest BCUT2D eigenvalue weighted by atomic mass is 16.5. The topological polar surface area (TPSA) is 21.3 Å². The molecule has 0 saturated carbocycles. The predicted octanol–water partition coefficient (Wildman–Crippen LogP) is 2.16. The van der Waals surface area contributed by atoms with Crippen molar-refractivity contribution >= 4 is 0 Å². The lowest BCUT2D eigenvalue weighted by atomic mass is 9.94. The minimum atomic E-state index is 0.160. The van der Waals surface area contributed by atoms with Gasteiger partial charge in [0.2, 0.25) is 0 Å². The molecule has 15 heavy (non-hydrogen) atoms. The summed E-state index contributed by atoms with van der Waals surface area (Å²) in [4.78, 5) is 0. The van der Waals surface area contributed by atoms with Gasteiger partial charge in [0.05, 0.1) is 6.61 Å². The van der Waals surface area contributed by atoms with Gasteiger partial charge in [-0.05, 0) is 44.5 Å².